The Bertz CT molecular complexity index is 760. The zero-order chi connectivity index (χ0) is 17.9. The molecule has 0 saturated carbocycles. The number of carbonyl (C=O) groups is 1. The predicted octanol–water partition coefficient (Wildman–Crippen LogP) is 5.32. The summed E-state index contributed by atoms with van der Waals surface area (Å²) in [5.41, 5.74) is 0.101. The average molecular weight is 358 g/mol. The molecule has 7 heteroatoms. The van der Waals surface area contributed by atoms with Crippen molar-refractivity contribution in [2.45, 2.75) is 20.0 Å². The van der Waals surface area contributed by atoms with Gasteiger partial charge in [0.05, 0.1) is 17.2 Å². The summed E-state index contributed by atoms with van der Waals surface area (Å²) < 4.78 is 43.9. The Balaban J connectivity index is 2.22. The molecule has 24 heavy (non-hydrogen) atoms. The molecule has 0 unspecified atom stereocenters. The number of amides is 1. The average Bonchev–Trinajstić information content (AvgIpc) is 2.50. The van der Waals surface area contributed by atoms with Crippen LogP contribution in [0.25, 0.3) is 0 Å². The van der Waals surface area contributed by atoms with Crippen molar-refractivity contribution in [2.24, 2.45) is 0 Å². The van der Waals surface area contributed by atoms with Crippen molar-refractivity contribution in [2.75, 3.05) is 11.9 Å². The van der Waals surface area contributed by atoms with E-state index in [1.807, 2.05) is 6.92 Å². The Labute approximate surface area is 142 Å². The largest absolute Gasteiger partial charge is 0.494 e. The van der Waals surface area contributed by atoms with Crippen LogP contribution in [0.4, 0.5) is 18.9 Å². The van der Waals surface area contributed by atoms with E-state index in [1.54, 1.807) is 25.1 Å². The number of rotatable bonds is 4. The quantitative estimate of drug-likeness (QED) is 0.804. The van der Waals surface area contributed by atoms with Crippen molar-refractivity contribution in [3.63, 3.8) is 0 Å². The van der Waals surface area contributed by atoms with Crippen molar-refractivity contribution in [3.8, 4) is 5.75 Å². The minimum atomic E-state index is -4.59. The third kappa shape index (κ3) is 4.20. The number of hydrogen-bond donors (Lipinski definition) is 1. The fourth-order valence-electron chi connectivity index (χ4n) is 2.13. The third-order valence-corrected chi connectivity index (χ3v) is 3.60. The number of hydrogen-bond acceptors (Lipinski definition) is 2. The SMILES string of the molecule is CCOc1ccc(C(=O)Nc2ccc(Cl)c(C(F)(F)F)c2)cc1C. The molecule has 0 spiro atoms. The Kier molecular flexibility index (Phi) is 5.39. The molecule has 0 aliphatic rings. The van der Waals surface area contributed by atoms with E-state index in [2.05, 4.69) is 5.32 Å². The summed E-state index contributed by atoms with van der Waals surface area (Å²) in [7, 11) is 0. The summed E-state index contributed by atoms with van der Waals surface area (Å²) in [4.78, 5) is 12.2. The predicted molar refractivity (Wildman–Crippen MR) is 86.8 cm³/mol. The third-order valence-electron chi connectivity index (χ3n) is 3.27. The lowest BCUT2D eigenvalue weighted by Gasteiger charge is -2.12. The van der Waals surface area contributed by atoms with Crippen molar-refractivity contribution in [1.29, 1.82) is 0 Å². The number of halogens is 4. The number of ether oxygens (including phenoxy) is 1. The second kappa shape index (κ2) is 7.13. The highest BCUT2D eigenvalue weighted by atomic mass is 35.5. The maximum atomic E-state index is 12.8. The smallest absolute Gasteiger partial charge is 0.417 e. The zero-order valence-corrected chi connectivity index (χ0v) is 13.8. The Morgan fingerprint density at radius 2 is 1.92 bits per heavy atom. The molecule has 3 nitrogen and oxygen atoms in total. The van der Waals surface area contributed by atoms with E-state index in [0.29, 0.717) is 17.9 Å². The highest BCUT2D eigenvalue weighted by Gasteiger charge is 2.33. The van der Waals surface area contributed by atoms with Crippen LogP contribution in [0.2, 0.25) is 5.02 Å². The fraction of sp³-hybridized carbons (Fsp3) is 0.235. The lowest BCUT2D eigenvalue weighted by atomic mass is 10.1. The van der Waals surface area contributed by atoms with Crippen molar-refractivity contribution >= 4 is 23.2 Å². The van der Waals surface area contributed by atoms with Crippen LogP contribution in [0, 0.1) is 6.92 Å². The molecule has 0 fully saturated rings. The van der Waals surface area contributed by atoms with Crippen LogP contribution in [0.15, 0.2) is 36.4 Å². The maximum Gasteiger partial charge on any atom is 0.417 e. The van der Waals surface area contributed by atoms with E-state index in [4.69, 9.17) is 16.3 Å². The lowest BCUT2D eigenvalue weighted by molar-refractivity contribution is -0.137. The van der Waals surface area contributed by atoms with Crippen LogP contribution in [-0.4, -0.2) is 12.5 Å². The van der Waals surface area contributed by atoms with Gasteiger partial charge in [-0.25, -0.2) is 0 Å². The normalized spacial score (nSPS) is 11.2. The van der Waals surface area contributed by atoms with Crippen LogP contribution in [-0.2, 0) is 6.18 Å². The van der Waals surface area contributed by atoms with Gasteiger partial charge in [-0.1, -0.05) is 11.6 Å². The number of benzene rings is 2. The Hall–Kier alpha value is -2.21. The first-order valence-electron chi connectivity index (χ1n) is 7.14. The standard InChI is InChI=1S/C17H15ClF3NO2/c1-3-24-15-7-4-11(8-10(15)2)16(23)22-12-5-6-14(18)13(9-12)17(19,20)21/h4-9H,3H2,1-2H3,(H,22,23). The second-order valence-electron chi connectivity index (χ2n) is 5.06. The van der Waals surface area contributed by atoms with E-state index in [-0.39, 0.29) is 5.69 Å². The summed E-state index contributed by atoms with van der Waals surface area (Å²) in [6.45, 7) is 4.13. The molecule has 0 radical (unpaired) electrons. The van der Waals surface area contributed by atoms with Crippen LogP contribution in [0.5, 0.6) is 5.75 Å². The zero-order valence-electron chi connectivity index (χ0n) is 13.0. The van der Waals surface area contributed by atoms with Gasteiger partial charge in [-0.15, -0.1) is 0 Å². The molecule has 128 valence electrons. The molecule has 0 heterocycles. The number of carbonyl (C=O) groups excluding carboxylic acids is 1. The Morgan fingerprint density at radius 1 is 1.21 bits per heavy atom. The summed E-state index contributed by atoms with van der Waals surface area (Å²) >= 11 is 5.56. The van der Waals surface area contributed by atoms with E-state index < -0.39 is 22.7 Å². The highest BCUT2D eigenvalue weighted by molar-refractivity contribution is 6.31. The highest BCUT2D eigenvalue weighted by Crippen LogP contribution is 2.36. The molecule has 2 aromatic carbocycles. The van der Waals surface area contributed by atoms with Gasteiger partial charge in [-0.05, 0) is 55.8 Å². The molecule has 0 aromatic heterocycles. The van der Waals surface area contributed by atoms with Gasteiger partial charge in [0.1, 0.15) is 5.75 Å². The van der Waals surface area contributed by atoms with E-state index >= 15 is 0 Å². The maximum absolute atomic E-state index is 12.8. The summed E-state index contributed by atoms with van der Waals surface area (Å²) in [6, 6.07) is 8.04. The number of aryl methyl sites for hydroxylation is 1. The van der Waals surface area contributed by atoms with Gasteiger partial charge >= 0.3 is 6.18 Å². The molecule has 0 saturated heterocycles. The Morgan fingerprint density at radius 3 is 2.50 bits per heavy atom. The van der Waals surface area contributed by atoms with Crippen LogP contribution in [0.1, 0.15) is 28.4 Å². The fourth-order valence-corrected chi connectivity index (χ4v) is 2.36. The second-order valence-corrected chi connectivity index (χ2v) is 5.47. The topological polar surface area (TPSA) is 38.3 Å². The molecule has 2 aromatic rings. The molecule has 0 aliphatic heterocycles. The molecule has 1 amide bonds. The molecule has 2 rings (SSSR count). The summed E-state index contributed by atoms with van der Waals surface area (Å²) in [5.74, 6) is 0.136. The molecule has 0 aliphatic carbocycles. The summed E-state index contributed by atoms with van der Waals surface area (Å²) in [5, 5.41) is 2.02. The number of nitrogens with one attached hydrogen (secondary N) is 1. The molecule has 0 bridgehead atoms. The minimum Gasteiger partial charge on any atom is -0.494 e. The molecule has 1 N–H and O–H groups in total. The first kappa shape index (κ1) is 18.1. The summed E-state index contributed by atoms with van der Waals surface area (Å²) in [6.07, 6.45) is -4.59. The molecular weight excluding hydrogens is 343 g/mol. The van der Waals surface area contributed by atoms with E-state index in [9.17, 15) is 18.0 Å². The number of alkyl halides is 3. The van der Waals surface area contributed by atoms with Gasteiger partial charge in [0.15, 0.2) is 0 Å². The van der Waals surface area contributed by atoms with Gasteiger partial charge in [0.25, 0.3) is 5.91 Å². The number of anilines is 1. The van der Waals surface area contributed by atoms with Gasteiger partial charge in [-0.2, -0.15) is 13.2 Å². The van der Waals surface area contributed by atoms with Crippen LogP contribution in [0.3, 0.4) is 0 Å². The van der Waals surface area contributed by atoms with Gasteiger partial charge < -0.3 is 10.1 Å². The minimum absolute atomic E-state index is 0.0169. The van der Waals surface area contributed by atoms with Crippen molar-refractivity contribution in [3.05, 3.63) is 58.1 Å². The van der Waals surface area contributed by atoms with E-state index in [0.717, 1.165) is 17.7 Å². The van der Waals surface area contributed by atoms with Gasteiger partial charge in [0, 0.05) is 11.3 Å². The monoisotopic (exact) mass is 357 g/mol. The van der Waals surface area contributed by atoms with Crippen LogP contribution < -0.4 is 10.1 Å². The molecule has 0 atom stereocenters. The van der Waals surface area contributed by atoms with Crippen molar-refractivity contribution < 1.29 is 22.7 Å². The first-order valence-corrected chi connectivity index (χ1v) is 7.51. The first-order chi connectivity index (χ1) is 11.2. The van der Waals surface area contributed by atoms with Gasteiger partial charge in [0.2, 0.25) is 0 Å². The lowest BCUT2D eigenvalue weighted by Crippen LogP contribution is -2.13. The molecular formula is C17H15ClF3NO2. The van der Waals surface area contributed by atoms with Crippen LogP contribution >= 0.6 is 11.6 Å². The van der Waals surface area contributed by atoms with E-state index in [1.165, 1.54) is 6.07 Å². The van der Waals surface area contributed by atoms with Crippen molar-refractivity contribution in [1.82, 2.24) is 0 Å². The van der Waals surface area contributed by atoms with Gasteiger partial charge in [-0.3, -0.25) is 4.79 Å².